The van der Waals surface area contributed by atoms with Crippen molar-refractivity contribution >= 4 is 39.0 Å². The van der Waals surface area contributed by atoms with E-state index in [-0.39, 0.29) is 12.5 Å². The highest BCUT2D eigenvalue weighted by Gasteiger charge is 2.08. The fourth-order valence-electron chi connectivity index (χ4n) is 2.24. The second kappa shape index (κ2) is 6.53. The van der Waals surface area contributed by atoms with Crippen LogP contribution in [0, 0.1) is 0 Å². The fraction of sp³-hybridized carbons (Fsp3) is 0.188. The number of nitrogens with one attached hydrogen (secondary N) is 2. The summed E-state index contributed by atoms with van der Waals surface area (Å²) in [6.07, 6.45) is 2.39. The zero-order chi connectivity index (χ0) is 15.4. The number of para-hydroxylation sites is 1. The van der Waals surface area contributed by atoms with E-state index >= 15 is 0 Å². The lowest BCUT2D eigenvalue weighted by atomic mass is 10.1. The maximum atomic E-state index is 12.1. The van der Waals surface area contributed by atoms with Crippen molar-refractivity contribution in [1.29, 1.82) is 0 Å². The van der Waals surface area contributed by atoms with Gasteiger partial charge >= 0.3 is 0 Å². The minimum absolute atomic E-state index is 0.0945. The Balaban J connectivity index is 1.66. The largest absolute Gasteiger partial charge is 0.360 e. The molecule has 2 aromatic heterocycles. The molecule has 0 aliphatic carbocycles. The monoisotopic (exact) mass is 312 g/mol. The Bertz CT molecular complexity index is 799. The van der Waals surface area contributed by atoms with Crippen LogP contribution < -0.4 is 10.6 Å². The normalized spacial score (nSPS) is 10.6. The standard InChI is InChI=1S/C16H16N4OS/c1-2-11-5-3-4-6-13(11)20-14(21)9-17-15-12-7-8-22-16(12)19-10-18-15/h3-8,10H,2,9H2,1H3,(H,20,21)(H,17,18,19). The van der Waals surface area contributed by atoms with Crippen LogP contribution in [-0.4, -0.2) is 22.4 Å². The zero-order valence-corrected chi connectivity index (χ0v) is 13.0. The molecule has 1 amide bonds. The van der Waals surface area contributed by atoms with E-state index in [9.17, 15) is 4.79 Å². The van der Waals surface area contributed by atoms with Gasteiger partial charge in [0.05, 0.1) is 11.9 Å². The van der Waals surface area contributed by atoms with E-state index in [0.29, 0.717) is 5.82 Å². The van der Waals surface area contributed by atoms with Gasteiger partial charge in [-0.15, -0.1) is 11.3 Å². The molecule has 0 atom stereocenters. The molecule has 0 unspecified atom stereocenters. The van der Waals surface area contributed by atoms with E-state index in [1.54, 1.807) is 11.3 Å². The van der Waals surface area contributed by atoms with Crippen LogP contribution in [0.15, 0.2) is 42.0 Å². The molecule has 1 aromatic carbocycles. The summed E-state index contributed by atoms with van der Waals surface area (Å²) >= 11 is 1.55. The van der Waals surface area contributed by atoms with Crippen LogP contribution >= 0.6 is 11.3 Å². The first-order valence-electron chi connectivity index (χ1n) is 7.07. The minimum Gasteiger partial charge on any atom is -0.360 e. The first-order chi connectivity index (χ1) is 10.8. The van der Waals surface area contributed by atoms with Gasteiger partial charge in [0.25, 0.3) is 0 Å². The summed E-state index contributed by atoms with van der Waals surface area (Å²) in [6.45, 7) is 2.23. The summed E-state index contributed by atoms with van der Waals surface area (Å²) < 4.78 is 0. The molecule has 0 spiro atoms. The number of rotatable bonds is 5. The van der Waals surface area contributed by atoms with E-state index < -0.39 is 0 Å². The van der Waals surface area contributed by atoms with Gasteiger partial charge in [-0.3, -0.25) is 4.79 Å². The first-order valence-corrected chi connectivity index (χ1v) is 7.95. The van der Waals surface area contributed by atoms with Gasteiger partial charge in [-0.1, -0.05) is 25.1 Å². The summed E-state index contributed by atoms with van der Waals surface area (Å²) in [6, 6.07) is 9.77. The average Bonchev–Trinajstić information content (AvgIpc) is 3.02. The van der Waals surface area contributed by atoms with Crippen LogP contribution in [0.25, 0.3) is 10.2 Å². The molecule has 6 heteroatoms. The number of nitrogens with zero attached hydrogens (tertiary/aromatic N) is 2. The molecule has 0 fully saturated rings. The van der Waals surface area contributed by atoms with Crippen LogP contribution in [0.5, 0.6) is 0 Å². The van der Waals surface area contributed by atoms with Crippen molar-refractivity contribution in [1.82, 2.24) is 9.97 Å². The fourth-order valence-corrected chi connectivity index (χ4v) is 2.97. The molecule has 22 heavy (non-hydrogen) atoms. The summed E-state index contributed by atoms with van der Waals surface area (Å²) in [4.78, 5) is 21.4. The van der Waals surface area contributed by atoms with Crippen LogP contribution in [0.4, 0.5) is 11.5 Å². The second-order valence-corrected chi connectivity index (χ2v) is 5.67. The summed E-state index contributed by atoms with van der Waals surface area (Å²) in [5, 5.41) is 8.91. The third-order valence-corrected chi connectivity index (χ3v) is 4.17. The van der Waals surface area contributed by atoms with E-state index in [0.717, 1.165) is 27.9 Å². The highest BCUT2D eigenvalue weighted by atomic mass is 32.1. The van der Waals surface area contributed by atoms with Gasteiger partial charge in [0.15, 0.2) is 0 Å². The number of benzene rings is 1. The number of aryl methyl sites for hydroxylation is 1. The van der Waals surface area contributed by atoms with Crippen molar-refractivity contribution in [2.75, 3.05) is 17.2 Å². The number of thiophene rings is 1. The molecule has 0 aliphatic heterocycles. The number of hydrogen-bond donors (Lipinski definition) is 2. The molecular formula is C16H16N4OS. The van der Waals surface area contributed by atoms with Crippen molar-refractivity contribution in [2.45, 2.75) is 13.3 Å². The predicted octanol–water partition coefficient (Wildman–Crippen LogP) is 3.30. The first kappa shape index (κ1) is 14.5. The van der Waals surface area contributed by atoms with Crippen molar-refractivity contribution in [3.8, 4) is 0 Å². The van der Waals surface area contributed by atoms with E-state index in [2.05, 4.69) is 27.5 Å². The lowest BCUT2D eigenvalue weighted by molar-refractivity contribution is -0.114. The van der Waals surface area contributed by atoms with Gasteiger partial charge in [0.1, 0.15) is 17.0 Å². The molecule has 0 bridgehead atoms. The van der Waals surface area contributed by atoms with Crippen molar-refractivity contribution < 1.29 is 4.79 Å². The molecule has 2 N–H and O–H groups in total. The summed E-state index contributed by atoms with van der Waals surface area (Å²) in [7, 11) is 0. The Morgan fingerprint density at radius 3 is 2.95 bits per heavy atom. The average molecular weight is 312 g/mol. The Morgan fingerprint density at radius 1 is 1.23 bits per heavy atom. The number of carbonyl (C=O) groups is 1. The van der Waals surface area contributed by atoms with E-state index in [1.165, 1.54) is 6.33 Å². The SMILES string of the molecule is CCc1ccccc1NC(=O)CNc1ncnc2sccc12. The summed E-state index contributed by atoms with van der Waals surface area (Å²) in [5.74, 6) is 0.591. The molecule has 0 saturated heterocycles. The smallest absolute Gasteiger partial charge is 0.243 e. The Kier molecular flexibility index (Phi) is 4.29. The van der Waals surface area contributed by atoms with Crippen LogP contribution in [0.3, 0.4) is 0 Å². The number of fused-ring (bicyclic) bond motifs is 1. The quantitative estimate of drug-likeness (QED) is 0.758. The van der Waals surface area contributed by atoms with E-state index in [1.807, 2.05) is 35.7 Å². The lowest BCUT2D eigenvalue weighted by Crippen LogP contribution is -2.22. The third kappa shape index (κ3) is 3.07. The molecule has 3 aromatic rings. The number of carbonyl (C=O) groups excluding carboxylic acids is 1. The number of anilines is 2. The van der Waals surface area contributed by atoms with Gasteiger partial charge in [-0.25, -0.2) is 9.97 Å². The van der Waals surface area contributed by atoms with Crippen molar-refractivity contribution in [3.63, 3.8) is 0 Å². The van der Waals surface area contributed by atoms with Crippen LogP contribution in [-0.2, 0) is 11.2 Å². The van der Waals surface area contributed by atoms with E-state index in [4.69, 9.17) is 0 Å². The minimum atomic E-state index is -0.0945. The second-order valence-electron chi connectivity index (χ2n) is 4.77. The lowest BCUT2D eigenvalue weighted by Gasteiger charge is -2.10. The number of amides is 1. The molecule has 0 saturated carbocycles. The maximum absolute atomic E-state index is 12.1. The maximum Gasteiger partial charge on any atom is 0.243 e. The zero-order valence-electron chi connectivity index (χ0n) is 12.2. The van der Waals surface area contributed by atoms with Crippen molar-refractivity contribution in [2.24, 2.45) is 0 Å². The molecule has 0 radical (unpaired) electrons. The van der Waals surface area contributed by atoms with Crippen LogP contribution in [0.2, 0.25) is 0 Å². The highest BCUT2D eigenvalue weighted by Crippen LogP contribution is 2.23. The third-order valence-electron chi connectivity index (χ3n) is 3.35. The Morgan fingerprint density at radius 2 is 2.09 bits per heavy atom. The predicted molar refractivity (Wildman–Crippen MR) is 90.4 cm³/mol. The van der Waals surface area contributed by atoms with Gasteiger partial charge < -0.3 is 10.6 Å². The molecule has 112 valence electrons. The van der Waals surface area contributed by atoms with Gasteiger partial charge in [0, 0.05) is 5.69 Å². The Hall–Kier alpha value is -2.47. The molecule has 2 heterocycles. The summed E-state index contributed by atoms with van der Waals surface area (Å²) in [5.41, 5.74) is 1.98. The molecular weight excluding hydrogens is 296 g/mol. The number of hydrogen-bond acceptors (Lipinski definition) is 5. The number of aromatic nitrogens is 2. The van der Waals surface area contributed by atoms with Gasteiger partial charge in [-0.05, 0) is 29.5 Å². The molecule has 5 nitrogen and oxygen atoms in total. The molecule has 3 rings (SSSR count). The molecule has 0 aliphatic rings. The highest BCUT2D eigenvalue weighted by molar-refractivity contribution is 7.16. The van der Waals surface area contributed by atoms with Crippen molar-refractivity contribution in [3.05, 3.63) is 47.6 Å². The topological polar surface area (TPSA) is 66.9 Å². The van der Waals surface area contributed by atoms with Gasteiger partial charge in [-0.2, -0.15) is 0 Å². The van der Waals surface area contributed by atoms with Crippen LogP contribution in [0.1, 0.15) is 12.5 Å². The van der Waals surface area contributed by atoms with Gasteiger partial charge in [0.2, 0.25) is 5.91 Å². The Labute approximate surface area is 132 Å².